The van der Waals surface area contributed by atoms with E-state index in [9.17, 15) is 0 Å². The topological polar surface area (TPSA) is 0 Å². The summed E-state index contributed by atoms with van der Waals surface area (Å²) in [6.07, 6.45) is 1.05. The van der Waals surface area contributed by atoms with Gasteiger partial charge in [-0.15, -0.1) is 30.4 Å². The second kappa shape index (κ2) is 18.4. The molecule has 7 rings (SSSR count). The summed E-state index contributed by atoms with van der Waals surface area (Å²) in [5, 5.41) is 1.57. The molecule has 0 spiro atoms. The van der Waals surface area contributed by atoms with Crippen LogP contribution in [0, 0.1) is 19.9 Å². The van der Waals surface area contributed by atoms with Gasteiger partial charge in [-0.25, -0.2) is 6.07 Å². The van der Waals surface area contributed by atoms with Crippen LogP contribution in [-0.4, -0.2) is 7.42 Å². The first-order valence-corrected chi connectivity index (χ1v) is 17.9. The Hall–Kier alpha value is -2.77. The van der Waals surface area contributed by atoms with Gasteiger partial charge in [0.1, 0.15) is 0 Å². The Morgan fingerprint density at radius 3 is 1.78 bits per heavy atom. The van der Waals surface area contributed by atoms with E-state index < -0.39 is 22.3 Å². The number of benzene rings is 5. The SMILES string of the molecule is Cc1cc(-c2ccccc2)c(C)[cH-]1.Cl.Cl.Clc1ccc([CH]=[Zr]=[CH]c2ccc(Cl)cc2)cc1.[c-]1cccc2c1Cc1ccccc1-2. The molecule has 0 bridgehead atoms. The van der Waals surface area contributed by atoms with Gasteiger partial charge in [-0.2, -0.15) is 52.6 Å². The molecule has 228 valence electrons. The number of hydrogen-bond donors (Lipinski definition) is 0. The maximum atomic E-state index is 5.84. The van der Waals surface area contributed by atoms with Crippen LogP contribution < -0.4 is 0 Å². The van der Waals surface area contributed by atoms with Gasteiger partial charge in [-0.05, 0) is 6.42 Å². The molecule has 0 heterocycles. The van der Waals surface area contributed by atoms with Crippen molar-refractivity contribution in [2.24, 2.45) is 0 Å². The summed E-state index contributed by atoms with van der Waals surface area (Å²) in [6.45, 7) is 4.30. The molecule has 0 saturated heterocycles. The number of fused-ring (bicyclic) bond motifs is 3. The third-order valence-corrected chi connectivity index (χ3v) is 10.1. The summed E-state index contributed by atoms with van der Waals surface area (Å²) >= 11 is 11.0. The molecule has 0 atom stereocenters. The van der Waals surface area contributed by atoms with E-state index in [4.69, 9.17) is 23.2 Å². The molecule has 0 amide bonds. The minimum absolute atomic E-state index is 0. The van der Waals surface area contributed by atoms with E-state index in [1.54, 1.807) is 0 Å². The standard InChI is InChI=1S/C13H9.C13H13.2C7H5Cl.2ClH.Zr/c1-3-7-12-10(5-1)9-11-6-2-4-8-13(11)12;1-10-8-11(2)13(9-10)12-6-4-3-5-7-12;2*1-6-2-4-7(8)5-3-6;;;/h1-5,7-8H,9H2;3-9H,1-2H3;2*1-5H;2*1H;/q2*-1;;;;;. The second-order valence-corrected chi connectivity index (χ2v) is 13.6. The van der Waals surface area contributed by atoms with E-state index in [1.165, 1.54) is 55.6 Å². The largest absolute Gasteiger partial charge is 0.179 e. The first-order valence-electron chi connectivity index (χ1n) is 14.3. The Morgan fingerprint density at radius 2 is 1.20 bits per heavy atom. The van der Waals surface area contributed by atoms with Crippen LogP contribution in [0.1, 0.15) is 33.4 Å². The smallest absolute Gasteiger partial charge is 0.0253 e. The van der Waals surface area contributed by atoms with Crippen molar-refractivity contribution in [2.75, 3.05) is 0 Å². The summed E-state index contributed by atoms with van der Waals surface area (Å²) in [5.74, 6) is 0. The molecule has 5 heteroatoms. The summed E-state index contributed by atoms with van der Waals surface area (Å²) in [5.41, 5.74) is 13.4. The van der Waals surface area contributed by atoms with Crippen molar-refractivity contribution in [3.8, 4) is 22.3 Å². The van der Waals surface area contributed by atoms with Crippen LogP contribution in [0.2, 0.25) is 10.0 Å². The molecule has 6 aromatic carbocycles. The van der Waals surface area contributed by atoms with E-state index in [0.717, 1.165) is 16.5 Å². The van der Waals surface area contributed by atoms with Crippen molar-refractivity contribution in [3.05, 3.63) is 183 Å². The van der Waals surface area contributed by atoms with Crippen LogP contribution in [0.25, 0.3) is 22.3 Å². The molecule has 0 radical (unpaired) electrons. The van der Waals surface area contributed by atoms with Gasteiger partial charge in [-0.1, -0.05) is 85.1 Å². The van der Waals surface area contributed by atoms with Gasteiger partial charge >= 0.3 is 123 Å². The fraction of sp³-hybridized carbons (Fsp3) is 0.0750. The van der Waals surface area contributed by atoms with E-state index >= 15 is 0 Å². The molecular formula is C40H34Cl4Zr-2. The van der Waals surface area contributed by atoms with Crippen LogP contribution in [-0.2, 0) is 28.7 Å². The van der Waals surface area contributed by atoms with E-state index in [1.807, 2.05) is 30.3 Å². The van der Waals surface area contributed by atoms with Crippen molar-refractivity contribution >= 4 is 55.4 Å². The minimum atomic E-state index is -0.623. The third-order valence-electron chi connectivity index (χ3n) is 7.18. The van der Waals surface area contributed by atoms with Crippen molar-refractivity contribution < 1.29 is 22.3 Å². The molecule has 1 aliphatic carbocycles. The number of halogens is 4. The van der Waals surface area contributed by atoms with Crippen LogP contribution in [0.5, 0.6) is 0 Å². The van der Waals surface area contributed by atoms with Crippen molar-refractivity contribution in [1.82, 2.24) is 0 Å². The maximum Gasteiger partial charge on any atom is -0.0253 e. The number of rotatable bonds is 3. The quantitative estimate of drug-likeness (QED) is 0.158. The van der Waals surface area contributed by atoms with Crippen molar-refractivity contribution in [1.29, 1.82) is 0 Å². The molecule has 0 unspecified atom stereocenters. The van der Waals surface area contributed by atoms with Gasteiger partial charge < -0.3 is 0 Å². The summed E-state index contributed by atoms with van der Waals surface area (Å²) < 4.78 is 4.66. The molecule has 0 fully saturated rings. The average molecular weight is 748 g/mol. The first-order chi connectivity index (χ1) is 21.0. The van der Waals surface area contributed by atoms with Crippen LogP contribution in [0.3, 0.4) is 0 Å². The predicted molar refractivity (Wildman–Crippen MR) is 198 cm³/mol. The molecule has 0 aliphatic heterocycles. The normalized spacial score (nSPS) is 10.1. The van der Waals surface area contributed by atoms with E-state index in [0.29, 0.717) is 0 Å². The molecule has 1 aliphatic rings. The molecule has 0 N–H and O–H groups in total. The summed E-state index contributed by atoms with van der Waals surface area (Å²) in [6, 6.07) is 49.0. The third kappa shape index (κ3) is 10.6. The average Bonchev–Trinajstić information content (AvgIpc) is 3.59. The van der Waals surface area contributed by atoms with Gasteiger partial charge in [0.05, 0.1) is 0 Å². The van der Waals surface area contributed by atoms with Gasteiger partial charge in [0.15, 0.2) is 0 Å². The van der Waals surface area contributed by atoms with Crippen molar-refractivity contribution in [2.45, 2.75) is 20.3 Å². The number of aryl methyl sites for hydroxylation is 2. The molecule has 0 nitrogen and oxygen atoms in total. The molecular weight excluding hydrogens is 713 g/mol. The van der Waals surface area contributed by atoms with E-state index in [-0.39, 0.29) is 24.8 Å². The Bertz CT molecular complexity index is 1750. The van der Waals surface area contributed by atoms with Gasteiger partial charge in [0, 0.05) is 0 Å². The molecule has 0 aromatic heterocycles. The fourth-order valence-corrected chi connectivity index (χ4v) is 7.43. The maximum absolute atomic E-state index is 5.84. The number of hydrogen-bond acceptors (Lipinski definition) is 0. The summed E-state index contributed by atoms with van der Waals surface area (Å²) in [4.78, 5) is 0. The van der Waals surface area contributed by atoms with Gasteiger partial charge in [0.2, 0.25) is 0 Å². The van der Waals surface area contributed by atoms with Crippen LogP contribution in [0.15, 0.2) is 133 Å². The Labute approximate surface area is 300 Å². The monoisotopic (exact) mass is 744 g/mol. The van der Waals surface area contributed by atoms with Gasteiger partial charge in [0.25, 0.3) is 0 Å². The Kier molecular flexibility index (Phi) is 15.0. The Balaban J connectivity index is 0.000000182. The van der Waals surface area contributed by atoms with Gasteiger partial charge in [-0.3, -0.25) is 0 Å². The zero-order valence-electron chi connectivity index (χ0n) is 25.1. The zero-order chi connectivity index (χ0) is 30.0. The predicted octanol–water partition coefficient (Wildman–Crippen LogP) is 11.7. The van der Waals surface area contributed by atoms with E-state index in [2.05, 4.69) is 130 Å². The molecule has 45 heavy (non-hydrogen) atoms. The zero-order valence-corrected chi connectivity index (χ0v) is 30.7. The van der Waals surface area contributed by atoms with Crippen LogP contribution >= 0.6 is 48.0 Å². The second-order valence-electron chi connectivity index (χ2n) is 10.5. The fourth-order valence-electron chi connectivity index (χ4n) is 5.08. The first kappa shape index (κ1) is 36.7. The minimum Gasteiger partial charge on any atom is -0.179 e. The molecule has 0 saturated carbocycles. The van der Waals surface area contributed by atoms with Crippen LogP contribution in [0.4, 0.5) is 0 Å². The summed E-state index contributed by atoms with van der Waals surface area (Å²) in [7, 11) is 0. The molecule has 6 aromatic rings. The Morgan fingerprint density at radius 1 is 0.644 bits per heavy atom. The van der Waals surface area contributed by atoms with Crippen molar-refractivity contribution in [3.63, 3.8) is 0 Å².